The lowest BCUT2D eigenvalue weighted by Crippen LogP contribution is -2.09. The number of para-hydroxylation sites is 1. The first-order chi connectivity index (χ1) is 23.8. The van der Waals surface area contributed by atoms with Crippen LogP contribution in [0, 0.1) is 0 Å². The van der Waals surface area contributed by atoms with E-state index in [1.54, 1.807) is 0 Å². The second kappa shape index (κ2) is 11.8. The van der Waals surface area contributed by atoms with Gasteiger partial charge in [0.1, 0.15) is 11.2 Å². The largest absolute Gasteiger partial charge is 0.455 e. The molecule has 0 aliphatic rings. The molecule has 9 aromatic rings. The van der Waals surface area contributed by atoms with Gasteiger partial charge in [0.2, 0.25) is 0 Å². The van der Waals surface area contributed by atoms with Gasteiger partial charge in [-0.3, -0.25) is 0 Å². The van der Waals surface area contributed by atoms with Crippen molar-refractivity contribution in [2.75, 3.05) is 4.90 Å². The molecule has 2 nitrogen and oxygen atoms in total. The Morgan fingerprint density at radius 2 is 0.833 bits per heavy atom. The third-order valence-corrected chi connectivity index (χ3v) is 9.25. The SMILES string of the molecule is c1ccc(-c2ccc(N(c3ccccc3)c3ccc(-c4ccc5oc6c(-c7ccccc7)c7ccccc7cc6c5c4)cc3)cc2)cc1. The quantitative estimate of drug-likeness (QED) is 0.185. The van der Waals surface area contributed by atoms with Crippen molar-refractivity contribution in [3.63, 3.8) is 0 Å². The van der Waals surface area contributed by atoms with Gasteiger partial charge in [-0.2, -0.15) is 0 Å². The number of hydrogen-bond acceptors (Lipinski definition) is 2. The molecule has 0 saturated carbocycles. The van der Waals surface area contributed by atoms with E-state index in [1.165, 1.54) is 21.9 Å². The summed E-state index contributed by atoms with van der Waals surface area (Å²) in [4.78, 5) is 2.31. The van der Waals surface area contributed by atoms with Crippen molar-refractivity contribution in [3.05, 3.63) is 188 Å². The van der Waals surface area contributed by atoms with Crippen molar-refractivity contribution in [1.82, 2.24) is 0 Å². The summed E-state index contributed by atoms with van der Waals surface area (Å²) in [5.74, 6) is 0. The molecule has 0 radical (unpaired) electrons. The lowest BCUT2D eigenvalue weighted by molar-refractivity contribution is 0.670. The van der Waals surface area contributed by atoms with Crippen LogP contribution in [-0.2, 0) is 0 Å². The van der Waals surface area contributed by atoms with E-state index in [9.17, 15) is 0 Å². The van der Waals surface area contributed by atoms with Crippen LogP contribution in [0.4, 0.5) is 17.1 Å². The average Bonchev–Trinajstić information content (AvgIpc) is 3.53. The van der Waals surface area contributed by atoms with E-state index in [-0.39, 0.29) is 0 Å². The van der Waals surface area contributed by atoms with Gasteiger partial charge in [0.25, 0.3) is 0 Å². The summed E-state index contributed by atoms with van der Waals surface area (Å²) in [7, 11) is 0. The fourth-order valence-corrected chi connectivity index (χ4v) is 6.91. The molecule has 0 fully saturated rings. The number of benzene rings is 8. The van der Waals surface area contributed by atoms with Gasteiger partial charge < -0.3 is 9.32 Å². The van der Waals surface area contributed by atoms with Crippen molar-refractivity contribution < 1.29 is 4.42 Å². The number of nitrogens with zero attached hydrogens (tertiary/aromatic N) is 1. The molecule has 226 valence electrons. The van der Waals surface area contributed by atoms with Crippen LogP contribution in [0.1, 0.15) is 0 Å². The van der Waals surface area contributed by atoms with Crippen molar-refractivity contribution in [2.24, 2.45) is 0 Å². The minimum atomic E-state index is 0.895. The highest BCUT2D eigenvalue weighted by Crippen LogP contribution is 2.42. The molecule has 0 saturated heterocycles. The van der Waals surface area contributed by atoms with Gasteiger partial charge >= 0.3 is 0 Å². The zero-order chi connectivity index (χ0) is 31.9. The van der Waals surface area contributed by atoms with Crippen LogP contribution in [0.5, 0.6) is 0 Å². The molecular weight excluding hydrogens is 583 g/mol. The molecule has 0 spiro atoms. The first kappa shape index (κ1) is 27.9. The summed E-state index contributed by atoms with van der Waals surface area (Å²) >= 11 is 0. The molecule has 0 aliphatic heterocycles. The van der Waals surface area contributed by atoms with E-state index in [1.807, 2.05) is 0 Å². The maximum Gasteiger partial charge on any atom is 0.143 e. The van der Waals surface area contributed by atoms with E-state index < -0.39 is 0 Å². The molecule has 0 N–H and O–H groups in total. The summed E-state index contributed by atoms with van der Waals surface area (Å²) in [5, 5.41) is 4.66. The molecule has 2 heteroatoms. The fraction of sp³-hybridized carbons (Fsp3) is 0. The maximum atomic E-state index is 6.62. The Balaban J connectivity index is 1.12. The number of fused-ring (bicyclic) bond motifs is 4. The van der Waals surface area contributed by atoms with Crippen LogP contribution >= 0.6 is 0 Å². The second-order valence-corrected chi connectivity index (χ2v) is 12.2. The van der Waals surface area contributed by atoms with Gasteiger partial charge in [-0.15, -0.1) is 0 Å². The molecule has 9 rings (SSSR count). The monoisotopic (exact) mass is 613 g/mol. The predicted molar refractivity (Wildman–Crippen MR) is 202 cm³/mol. The Bertz CT molecular complexity index is 2520. The minimum absolute atomic E-state index is 0.895. The van der Waals surface area contributed by atoms with Crippen molar-refractivity contribution in [1.29, 1.82) is 0 Å². The molecule has 1 aromatic heterocycles. The summed E-state index contributed by atoms with van der Waals surface area (Å²) in [6, 6.07) is 66.7. The Morgan fingerprint density at radius 3 is 1.50 bits per heavy atom. The first-order valence-electron chi connectivity index (χ1n) is 16.3. The van der Waals surface area contributed by atoms with Crippen molar-refractivity contribution in [3.8, 4) is 33.4 Å². The highest BCUT2D eigenvalue weighted by Gasteiger charge is 2.17. The van der Waals surface area contributed by atoms with Gasteiger partial charge in [0.15, 0.2) is 0 Å². The van der Waals surface area contributed by atoms with Gasteiger partial charge in [-0.25, -0.2) is 0 Å². The van der Waals surface area contributed by atoms with Crippen LogP contribution in [0.25, 0.3) is 66.1 Å². The molecular formula is C46H31NO. The molecule has 0 aliphatic carbocycles. The molecule has 1 heterocycles. The lowest BCUT2D eigenvalue weighted by Gasteiger charge is -2.26. The molecule has 0 atom stereocenters. The Labute approximate surface area is 279 Å². The molecule has 8 aromatic carbocycles. The number of furan rings is 1. The Morgan fingerprint density at radius 1 is 0.333 bits per heavy atom. The van der Waals surface area contributed by atoms with Crippen LogP contribution in [0.15, 0.2) is 192 Å². The standard InChI is InChI=1S/C46H31NO/c1-4-12-32(13-5-1)33-20-25-39(26-21-33)47(38-17-8-3-9-18-38)40-27-22-34(23-28-40)36-24-29-44-42(30-36)43-31-37-16-10-11-19-41(37)45(46(43)48-44)35-14-6-2-7-15-35/h1-31H. The number of anilines is 3. The van der Waals surface area contributed by atoms with Gasteiger partial charge in [0, 0.05) is 33.4 Å². The zero-order valence-electron chi connectivity index (χ0n) is 26.3. The van der Waals surface area contributed by atoms with Crippen LogP contribution in [-0.4, -0.2) is 0 Å². The molecule has 0 unspecified atom stereocenters. The summed E-state index contributed by atoms with van der Waals surface area (Å²) < 4.78 is 6.62. The van der Waals surface area contributed by atoms with Gasteiger partial charge in [-0.05, 0) is 93.2 Å². The predicted octanol–water partition coefficient (Wildman–Crippen LogP) is 13.2. The van der Waals surface area contributed by atoms with E-state index in [0.717, 1.165) is 61.3 Å². The smallest absolute Gasteiger partial charge is 0.143 e. The lowest BCUT2D eigenvalue weighted by atomic mass is 9.94. The highest BCUT2D eigenvalue weighted by molar-refractivity contribution is 6.18. The summed E-state index contributed by atoms with van der Waals surface area (Å²) in [6.45, 7) is 0. The minimum Gasteiger partial charge on any atom is -0.455 e. The Hall–Kier alpha value is -6.38. The normalized spacial score (nSPS) is 11.3. The number of rotatable bonds is 6. The highest BCUT2D eigenvalue weighted by atomic mass is 16.3. The average molecular weight is 614 g/mol. The summed E-state index contributed by atoms with van der Waals surface area (Å²) in [6.07, 6.45) is 0. The van der Waals surface area contributed by atoms with Crippen LogP contribution < -0.4 is 4.90 Å². The van der Waals surface area contributed by atoms with Gasteiger partial charge in [-0.1, -0.05) is 133 Å². The van der Waals surface area contributed by atoms with Crippen LogP contribution in [0.2, 0.25) is 0 Å². The van der Waals surface area contributed by atoms with Gasteiger partial charge in [0.05, 0.1) is 0 Å². The maximum absolute atomic E-state index is 6.62. The third kappa shape index (κ3) is 4.92. The van der Waals surface area contributed by atoms with Crippen molar-refractivity contribution >= 4 is 49.8 Å². The summed E-state index contributed by atoms with van der Waals surface area (Å²) in [5.41, 5.74) is 12.2. The first-order valence-corrected chi connectivity index (χ1v) is 16.3. The molecule has 0 amide bonds. The van der Waals surface area contributed by atoms with E-state index in [4.69, 9.17) is 4.42 Å². The molecule has 0 bridgehead atoms. The number of hydrogen-bond donors (Lipinski definition) is 0. The molecule has 48 heavy (non-hydrogen) atoms. The topological polar surface area (TPSA) is 16.4 Å². The van der Waals surface area contributed by atoms with Crippen molar-refractivity contribution in [2.45, 2.75) is 0 Å². The van der Waals surface area contributed by atoms with Crippen LogP contribution in [0.3, 0.4) is 0 Å². The van der Waals surface area contributed by atoms with E-state index in [0.29, 0.717) is 0 Å². The van der Waals surface area contributed by atoms with E-state index in [2.05, 4.69) is 193 Å². The zero-order valence-corrected chi connectivity index (χ0v) is 26.3. The second-order valence-electron chi connectivity index (χ2n) is 12.2. The third-order valence-electron chi connectivity index (χ3n) is 9.25. The Kier molecular flexibility index (Phi) is 6.84. The fourth-order valence-electron chi connectivity index (χ4n) is 6.91. The van der Waals surface area contributed by atoms with E-state index >= 15 is 0 Å².